The third kappa shape index (κ3) is 3.94. The fourth-order valence-electron chi connectivity index (χ4n) is 4.27. The lowest BCUT2D eigenvalue weighted by molar-refractivity contribution is 0.166. The summed E-state index contributed by atoms with van der Waals surface area (Å²) < 4.78 is 1.98. The molecule has 1 aliphatic heterocycles. The van der Waals surface area contributed by atoms with Crippen LogP contribution in [0.1, 0.15) is 49.6 Å². The van der Waals surface area contributed by atoms with E-state index in [1.165, 1.54) is 5.56 Å². The summed E-state index contributed by atoms with van der Waals surface area (Å²) >= 11 is 0. The van der Waals surface area contributed by atoms with Gasteiger partial charge in [-0.2, -0.15) is 10.4 Å². The van der Waals surface area contributed by atoms with E-state index < -0.39 is 5.41 Å². The van der Waals surface area contributed by atoms with Crippen LogP contribution in [0.25, 0.3) is 5.69 Å². The first-order chi connectivity index (χ1) is 14.1. The third-order valence-electron chi connectivity index (χ3n) is 5.72. The largest absolute Gasteiger partial charge is 0.297 e. The second kappa shape index (κ2) is 8.18. The molecule has 1 aliphatic rings. The van der Waals surface area contributed by atoms with Gasteiger partial charge in [0.25, 0.3) is 0 Å². The molecule has 0 bridgehead atoms. The molecule has 1 atom stereocenters. The SMILES string of the molecule is CC(C)c1nn(-c2ccccc2)cc1CN1CCCC(C#N)(c2ccccn2)C1. The molecule has 0 amide bonds. The molecule has 0 saturated carbocycles. The summed E-state index contributed by atoms with van der Waals surface area (Å²) in [7, 11) is 0. The van der Waals surface area contributed by atoms with Crippen molar-refractivity contribution in [2.45, 2.75) is 44.6 Å². The maximum absolute atomic E-state index is 10.0. The van der Waals surface area contributed by atoms with Crippen molar-refractivity contribution in [3.8, 4) is 11.8 Å². The van der Waals surface area contributed by atoms with Crippen LogP contribution in [0.15, 0.2) is 60.9 Å². The second-order valence-electron chi connectivity index (χ2n) is 8.20. The Kier molecular flexibility index (Phi) is 5.46. The number of pyridine rings is 1. The first kappa shape index (κ1) is 19.4. The topological polar surface area (TPSA) is 57.7 Å². The fourth-order valence-corrected chi connectivity index (χ4v) is 4.27. The summed E-state index contributed by atoms with van der Waals surface area (Å²) in [4.78, 5) is 6.90. The number of para-hydroxylation sites is 1. The van der Waals surface area contributed by atoms with Crippen molar-refractivity contribution in [2.24, 2.45) is 0 Å². The molecule has 3 aromatic rings. The van der Waals surface area contributed by atoms with Gasteiger partial charge in [-0.1, -0.05) is 38.1 Å². The standard InChI is InChI=1S/C24H27N5/c1-19(2)23-20(16-29(27-23)21-9-4-3-5-10-21)15-28-14-8-12-24(17-25,18-28)22-11-6-7-13-26-22/h3-7,9-11,13,16,19H,8,12,14-15,18H2,1-2H3. The molecule has 3 heterocycles. The lowest BCUT2D eigenvalue weighted by Gasteiger charge is -2.38. The van der Waals surface area contributed by atoms with Gasteiger partial charge < -0.3 is 0 Å². The first-order valence-corrected chi connectivity index (χ1v) is 10.3. The molecule has 29 heavy (non-hydrogen) atoms. The van der Waals surface area contributed by atoms with Crippen LogP contribution in [0.5, 0.6) is 0 Å². The first-order valence-electron chi connectivity index (χ1n) is 10.3. The summed E-state index contributed by atoms with van der Waals surface area (Å²) in [6, 6.07) is 18.7. The highest BCUT2D eigenvalue weighted by Gasteiger charge is 2.38. The van der Waals surface area contributed by atoms with Gasteiger partial charge in [0.15, 0.2) is 0 Å². The molecule has 0 radical (unpaired) electrons. The van der Waals surface area contributed by atoms with Gasteiger partial charge in [0.2, 0.25) is 0 Å². The number of piperidine rings is 1. The summed E-state index contributed by atoms with van der Waals surface area (Å²) in [6.07, 6.45) is 5.79. The lowest BCUT2D eigenvalue weighted by Crippen LogP contribution is -2.45. The second-order valence-corrected chi connectivity index (χ2v) is 8.20. The van der Waals surface area contributed by atoms with Crippen LogP contribution in [0.3, 0.4) is 0 Å². The van der Waals surface area contributed by atoms with E-state index in [0.29, 0.717) is 12.5 Å². The van der Waals surface area contributed by atoms with E-state index >= 15 is 0 Å². The highest BCUT2D eigenvalue weighted by Crippen LogP contribution is 2.33. The zero-order chi connectivity index (χ0) is 20.3. The average Bonchev–Trinajstić information content (AvgIpc) is 3.19. The van der Waals surface area contributed by atoms with E-state index in [0.717, 1.165) is 43.0 Å². The van der Waals surface area contributed by atoms with Crippen molar-refractivity contribution in [3.63, 3.8) is 0 Å². The number of likely N-dealkylation sites (tertiary alicyclic amines) is 1. The Morgan fingerprint density at radius 1 is 1.14 bits per heavy atom. The fraction of sp³-hybridized carbons (Fsp3) is 0.375. The highest BCUT2D eigenvalue weighted by molar-refractivity contribution is 5.34. The van der Waals surface area contributed by atoms with Crippen molar-refractivity contribution in [1.82, 2.24) is 19.7 Å². The number of rotatable bonds is 5. The molecular weight excluding hydrogens is 358 g/mol. The molecular formula is C24H27N5. The van der Waals surface area contributed by atoms with Gasteiger partial charge >= 0.3 is 0 Å². The molecule has 5 nitrogen and oxygen atoms in total. The van der Waals surface area contributed by atoms with E-state index in [9.17, 15) is 5.26 Å². The number of nitrogens with zero attached hydrogens (tertiary/aromatic N) is 5. The van der Waals surface area contributed by atoms with Gasteiger partial charge in [-0.05, 0) is 49.6 Å². The Bertz CT molecular complexity index is 987. The van der Waals surface area contributed by atoms with E-state index in [-0.39, 0.29) is 0 Å². The lowest BCUT2D eigenvalue weighted by atomic mass is 9.78. The average molecular weight is 386 g/mol. The van der Waals surface area contributed by atoms with Crippen molar-refractivity contribution in [3.05, 3.63) is 77.9 Å². The number of nitriles is 1. The van der Waals surface area contributed by atoms with Gasteiger partial charge in [0.1, 0.15) is 5.41 Å². The quantitative estimate of drug-likeness (QED) is 0.651. The van der Waals surface area contributed by atoms with Gasteiger partial charge in [-0.15, -0.1) is 0 Å². The van der Waals surface area contributed by atoms with Gasteiger partial charge in [0.05, 0.1) is 23.1 Å². The van der Waals surface area contributed by atoms with Crippen LogP contribution in [-0.4, -0.2) is 32.8 Å². The van der Waals surface area contributed by atoms with E-state index in [1.54, 1.807) is 6.20 Å². The van der Waals surface area contributed by atoms with Gasteiger partial charge in [-0.25, -0.2) is 4.68 Å². The summed E-state index contributed by atoms with van der Waals surface area (Å²) in [5.74, 6) is 0.344. The molecule has 0 spiro atoms. The Balaban J connectivity index is 1.60. The minimum absolute atomic E-state index is 0.344. The molecule has 1 fully saturated rings. The zero-order valence-electron chi connectivity index (χ0n) is 17.1. The molecule has 2 aromatic heterocycles. The number of hydrogen-bond acceptors (Lipinski definition) is 4. The molecule has 0 N–H and O–H groups in total. The number of hydrogen-bond donors (Lipinski definition) is 0. The predicted octanol–water partition coefficient (Wildman–Crippen LogP) is 4.45. The van der Waals surface area contributed by atoms with Crippen molar-refractivity contribution in [2.75, 3.05) is 13.1 Å². The summed E-state index contributed by atoms with van der Waals surface area (Å²) in [6.45, 7) is 6.87. The van der Waals surface area contributed by atoms with Crippen LogP contribution in [-0.2, 0) is 12.0 Å². The molecule has 148 valence electrons. The van der Waals surface area contributed by atoms with Gasteiger partial charge in [0, 0.05) is 31.0 Å². The van der Waals surface area contributed by atoms with E-state index in [2.05, 4.69) is 48.1 Å². The molecule has 0 aliphatic carbocycles. The summed E-state index contributed by atoms with van der Waals surface area (Å²) in [5.41, 5.74) is 3.78. The van der Waals surface area contributed by atoms with E-state index in [4.69, 9.17) is 5.10 Å². The van der Waals surface area contributed by atoms with Crippen molar-refractivity contribution < 1.29 is 0 Å². The molecule has 1 aromatic carbocycles. The Hall–Kier alpha value is -2.97. The summed E-state index contributed by atoms with van der Waals surface area (Å²) in [5, 5.41) is 14.9. The highest BCUT2D eigenvalue weighted by atomic mass is 15.3. The third-order valence-corrected chi connectivity index (χ3v) is 5.72. The maximum Gasteiger partial charge on any atom is 0.112 e. The molecule has 4 rings (SSSR count). The number of aromatic nitrogens is 3. The van der Waals surface area contributed by atoms with Crippen LogP contribution < -0.4 is 0 Å². The van der Waals surface area contributed by atoms with E-state index in [1.807, 2.05) is 41.1 Å². The van der Waals surface area contributed by atoms with Crippen molar-refractivity contribution in [1.29, 1.82) is 5.26 Å². The smallest absolute Gasteiger partial charge is 0.112 e. The van der Waals surface area contributed by atoms with Crippen LogP contribution in [0.4, 0.5) is 0 Å². The van der Waals surface area contributed by atoms with Crippen LogP contribution in [0.2, 0.25) is 0 Å². The molecule has 5 heteroatoms. The maximum atomic E-state index is 10.0. The van der Waals surface area contributed by atoms with Crippen LogP contribution in [0, 0.1) is 11.3 Å². The molecule has 1 unspecified atom stereocenters. The zero-order valence-corrected chi connectivity index (χ0v) is 17.1. The molecule has 1 saturated heterocycles. The Labute approximate surface area is 172 Å². The van der Waals surface area contributed by atoms with Crippen LogP contribution >= 0.6 is 0 Å². The Morgan fingerprint density at radius 3 is 2.62 bits per heavy atom. The monoisotopic (exact) mass is 385 g/mol. The van der Waals surface area contributed by atoms with Crippen molar-refractivity contribution >= 4 is 0 Å². The predicted molar refractivity (Wildman–Crippen MR) is 114 cm³/mol. The Morgan fingerprint density at radius 2 is 1.93 bits per heavy atom. The number of benzene rings is 1. The minimum Gasteiger partial charge on any atom is -0.297 e. The van der Waals surface area contributed by atoms with Gasteiger partial charge in [-0.3, -0.25) is 9.88 Å². The minimum atomic E-state index is -0.535. The normalized spacial score (nSPS) is 19.9.